The minimum absolute atomic E-state index is 0.131. The topological polar surface area (TPSA) is 64.4 Å². The lowest BCUT2D eigenvalue weighted by Crippen LogP contribution is -2.30. The van der Waals surface area contributed by atoms with Gasteiger partial charge in [0.1, 0.15) is 0 Å². The number of benzene rings is 1. The molecule has 1 fully saturated rings. The fourth-order valence-corrected chi connectivity index (χ4v) is 2.63. The monoisotopic (exact) mass is 254 g/mol. The van der Waals surface area contributed by atoms with Crippen LogP contribution in [0.4, 0.5) is 11.4 Å². The summed E-state index contributed by atoms with van der Waals surface area (Å²) in [6.07, 6.45) is 0. The first-order valence-electron chi connectivity index (χ1n) is 5.47. The molecular formula is C11H14N2O3S. The Bertz CT molecular complexity index is 421. The van der Waals surface area contributed by atoms with Crippen molar-refractivity contribution in [3.63, 3.8) is 0 Å². The van der Waals surface area contributed by atoms with Gasteiger partial charge in [-0.3, -0.25) is 10.1 Å². The lowest BCUT2D eigenvalue weighted by Gasteiger charge is -2.25. The Morgan fingerprint density at radius 3 is 2.82 bits per heavy atom. The first-order valence-corrected chi connectivity index (χ1v) is 6.34. The molecule has 17 heavy (non-hydrogen) atoms. The molecule has 2 rings (SSSR count). The summed E-state index contributed by atoms with van der Waals surface area (Å²) in [7, 11) is 0. The molecular weight excluding hydrogens is 240 g/mol. The zero-order valence-electron chi connectivity index (χ0n) is 9.51. The number of non-ortho nitro benzene ring substituents is 1. The predicted octanol–water partition coefficient (Wildman–Crippen LogP) is 2.52. The lowest BCUT2D eigenvalue weighted by molar-refractivity contribution is -0.385. The molecule has 0 aromatic heterocycles. The van der Waals surface area contributed by atoms with Gasteiger partial charge >= 0.3 is 0 Å². The van der Waals surface area contributed by atoms with Gasteiger partial charge in [-0.25, -0.2) is 0 Å². The van der Waals surface area contributed by atoms with E-state index in [-0.39, 0.29) is 10.6 Å². The third-order valence-corrected chi connectivity index (χ3v) is 3.51. The van der Waals surface area contributed by atoms with Crippen LogP contribution in [0, 0.1) is 10.1 Å². The van der Waals surface area contributed by atoms with E-state index in [2.05, 4.69) is 5.32 Å². The molecule has 1 aliphatic heterocycles. The van der Waals surface area contributed by atoms with Gasteiger partial charge in [-0.15, -0.1) is 11.8 Å². The molecule has 0 unspecified atom stereocenters. The van der Waals surface area contributed by atoms with Gasteiger partial charge in [-0.1, -0.05) is 0 Å². The quantitative estimate of drug-likeness (QED) is 0.646. The van der Waals surface area contributed by atoms with E-state index < -0.39 is 0 Å². The summed E-state index contributed by atoms with van der Waals surface area (Å²) in [6.45, 7) is 4.16. The van der Waals surface area contributed by atoms with Crippen LogP contribution in [0.1, 0.15) is 6.92 Å². The molecule has 0 bridgehead atoms. The minimum atomic E-state index is -0.359. The highest BCUT2D eigenvalue weighted by atomic mass is 32.2. The van der Waals surface area contributed by atoms with Crippen molar-refractivity contribution in [3.8, 4) is 0 Å². The van der Waals surface area contributed by atoms with E-state index in [0.717, 1.165) is 30.3 Å². The van der Waals surface area contributed by atoms with E-state index >= 15 is 0 Å². The van der Waals surface area contributed by atoms with Crippen LogP contribution < -0.4 is 5.32 Å². The molecule has 6 heteroatoms. The maximum Gasteiger partial charge on any atom is 0.272 e. The molecule has 0 spiro atoms. The molecule has 1 aromatic rings. The highest BCUT2D eigenvalue weighted by Gasteiger charge is 2.21. The van der Waals surface area contributed by atoms with E-state index in [0.29, 0.717) is 5.25 Å². The SMILES string of the molecule is CCNc1cc(SC2COC2)cc([N+](=O)[O-])c1. The maximum atomic E-state index is 10.8. The van der Waals surface area contributed by atoms with Gasteiger partial charge in [-0.2, -0.15) is 0 Å². The molecule has 1 aliphatic rings. The van der Waals surface area contributed by atoms with Crippen LogP contribution in [0.15, 0.2) is 23.1 Å². The average molecular weight is 254 g/mol. The van der Waals surface area contributed by atoms with E-state index in [1.807, 2.05) is 13.0 Å². The molecule has 0 atom stereocenters. The summed E-state index contributed by atoms with van der Waals surface area (Å²) < 4.78 is 5.09. The summed E-state index contributed by atoms with van der Waals surface area (Å²) >= 11 is 1.63. The van der Waals surface area contributed by atoms with Crippen molar-refractivity contribution in [1.29, 1.82) is 0 Å². The van der Waals surface area contributed by atoms with Crippen LogP contribution in [-0.2, 0) is 4.74 Å². The second kappa shape index (κ2) is 5.37. The normalized spacial score (nSPS) is 15.4. The fourth-order valence-electron chi connectivity index (χ4n) is 1.54. The van der Waals surface area contributed by atoms with Crippen molar-refractivity contribution in [2.45, 2.75) is 17.1 Å². The zero-order valence-corrected chi connectivity index (χ0v) is 10.3. The van der Waals surface area contributed by atoms with Crippen molar-refractivity contribution >= 4 is 23.1 Å². The standard InChI is InChI=1S/C11H14N2O3S/c1-2-12-8-3-9(13(14)15)5-10(4-8)17-11-6-16-7-11/h3-5,11-12H,2,6-7H2,1H3. The Labute approximate surface area is 104 Å². The van der Waals surface area contributed by atoms with Gasteiger partial charge in [0.15, 0.2) is 0 Å². The molecule has 5 nitrogen and oxygen atoms in total. The van der Waals surface area contributed by atoms with Crippen molar-refractivity contribution in [2.24, 2.45) is 0 Å². The Hall–Kier alpha value is -1.27. The van der Waals surface area contributed by atoms with Gasteiger partial charge in [0, 0.05) is 29.3 Å². The fraction of sp³-hybridized carbons (Fsp3) is 0.455. The first-order chi connectivity index (χ1) is 8.19. The summed E-state index contributed by atoms with van der Waals surface area (Å²) in [5.41, 5.74) is 0.927. The van der Waals surface area contributed by atoms with Crippen molar-refractivity contribution in [2.75, 3.05) is 25.1 Å². The van der Waals surface area contributed by atoms with Crippen LogP contribution in [0.25, 0.3) is 0 Å². The summed E-state index contributed by atoms with van der Waals surface area (Å²) in [6, 6.07) is 5.12. The molecule has 0 amide bonds. The van der Waals surface area contributed by atoms with Gasteiger partial charge in [-0.05, 0) is 13.0 Å². The minimum Gasteiger partial charge on any atom is -0.385 e. The lowest BCUT2D eigenvalue weighted by atomic mass is 10.3. The summed E-state index contributed by atoms with van der Waals surface area (Å²) in [4.78, 5) is 11.4. The maximum absolute atomic E-state index is 10.8. The Kier molecular flexibility index (Phi) is 3.86. The molecule has 1 aromatic carbocycles. The number of nitrogens with zero attached hydrogens (tertiary/aromatic N) is 1. The van der Waals surface area contributed by atoms with Crippen molar-refractivity contribution < 1.29 is 9.66 Å². The number of ether oxygens (including phenoxy) is 1. The van der Waals surface area contributed by atoms with Crippen LogP contribution >= 0.6 is 11.8 Å². The average Bonchev–Trinajstić information content (AvgIpc) is 2.24. The molecule has 1 N–H and O–H groups in total. The van der Waals surface area contributed by atoms with Gasteiger partial charge < -0.3 is 10.1 Å². The number of nitro groups is 1. The first kappa shape index (κ1) is 12.2. The van der Waals surface area contributed by atoms with Crippen molar-refractivity contribution in [1.82, 2.24) is 0 Å². The predicted molar refractivity (Wildman–Crippen MR) is 67.7 cm³/mol. The van der Waals surface area contributed by atoms with Crippen molar-refractivity contribution in [3.05, 3.63) is 28.3 Å². The number of hydrogen-bond donors (Lipinski definition) is 1. The third-order valence-electron chi connectivity index (χ3n) is 2.39. The van der Waals surface area contributed by atoms with E-state index in [1.165, 1.54) is 0 Å². The molecule has 0 aliphatic carbocycles. The summed E-state index contributed by atoms with van der Waals surface area (Å²) in [5, 5.41) is 14.3. The third kappa shape index (κ3) is 3.10. The number of thioether (sulfide) groups is 1. The number of nitro benzene ring substituents is 1. The van der Waals surface area contributed by atoms with Gasteiger partial charge in [0.2, 0.25) is 0 Å². The van der Waals surface area contributed by atoms with Crippen LogP contribution in [0.3, 0.4) is 0 Å². The number of nitrogens with one attached hydrogen (secondary N) is 1. The van der Waals surface area contributed by atoms with Crippen LogP contribution in [0.5, 0.6) is 0 Å². The number of rotatable bonds is 5. The second-order valence-corrected chi connectivity index (χ2v) is 5.15. The van der Waals surface area contributed by atoms with E-state index in [9.17, 15) is 10.1 Å². The molecule has 1 saturated heterocycles. The number of anilines is 1. The van der Waals surface area contributed by atoms with E-state index in [4.69, 9.17) is 4.74 Å². The van der Waals surface area contributed by atoms with Crippen LogP contribution in [0.2, 0.25) is 0 Å². The van der Waals surface area contributed by atoms with E-state index in [1.54, 1.807) is 23.9 Å². The highest BCUT2D eigenvalue weighted by Crippen LogP contribution is 2.32. The molecule has 92 valence electrons. The zero-order chi connectivity index (χ0) is 12.3. The van der Waals surface area contributed by atoms with Gasteiger partial charge in [0.05, 0.1) is 23.4 Å². The Morgan fingerprint density at radius 2 is 2.29 bits per heavy atom. The van der Waals surface area contributed by atoms with Gasteiger partial charge in [0.25, 0.3) is 5.69 Å². The summed E-state index contributed by atoms with van der Waals surface area (Å²) in [5.74, 6) is 0. The molecule has 0 radical (unpaired) electrons. The van der Waals surface area contributed by atoms with Crippen LogP contribution in [-0.4, -0.2) is 29.9 Å². The Morgan fingerprint density at radius 1 is 1.53 bits per heavy atom. The smallest absolute Gasteiger partial charge is 0.272 e. The highest BCUT2D eigenvalue weighted by molar-refractivity contribution is 8.00. The Balaban J connectivity index is 2.19. The molecule has 1 heterocycles. The second-order valence-electron chi connectivity index (χ2n) is 3.78. The molecule has 0 saturated carbocycles. The number of hydrogen-bond acceptors (Lipinski definition) is 5. The largest absolute Gasteiger partial charge is 0.385 e.